The first-order chi connectivity index (χ1) is 10.6. The molecule has 0 saturated heterocycles. The number of fused-ring (bicyclic) bond motifs is 1. The average molecular weight is 517 g/mol. The molecule has 1 N–H and O–H groups in total. The largest absolute Gasteiger partial charge is 0.147 e. The maximum absolute atomic E-state index is 7.14. The van der Waals surface area contributed by atoms with Crippen molar-refractivity contribution in [1.82, 2.24) is 3.26 Å². The van der Waals surface area contributed by atoms with Crippen molar-refractivity contribution in [1.29, 1.82) is 0 Å². The van der Waals surface area contributed by atoms with Crippen molar-refractivity contribution < 1.29 is 22.4 Å². The smallest absolute Gasteiger partial charge is 0.147 e. The monoisotopic (exact) mass is 514 g/mol. The van der Waals surface area contributed by atoms with Gasteiger partial charge in [0.1, 0.15) is 0 Å². The van der Waals surface area contributed by atoms with Gasteiger partial charge in [0, 0.05) is 0 Å². The van der Waals surface area contributed by atoms with Crippen molar-refractivity contribution in [3.63, 3.8) is 0 Å². The molecule has 1 atom stereocenters. The molecule has 0 aromatic heterocycles. The van der Waals surface area contributed by atoms with Gasteiger partial charge in [-0.25, -0.2) is 0 Å². The van der Waals surface area contributed by atoms with Gasteiger partial charge < -0.3 is 0 Å². The number of hydrogen-bond acceptors (Lipinski definition) is 3. The van der Waals surface area contributed by atoms with E-state index in [4.69, 9.17) is 5.32 Å². The summed E-state index contributed by atoms with van der Waals surface area (Å²) in [6.07, 6.45) is 4.53. The van der Waals surface area contributed by atoms with E-state index in [9.17, 15) is 0 Å². The predicted molar refractivity (Wildman–Crippen MR) is 121 cm³/mol. The maximum atomic E-state index is 7.14. The van der Waals surface area contributed by atoms with Gasteiger partial charge in [0.15, 0.2) is 0 Å². The summed E-state index contributed by atoms with van der Waals surface area (Å²) in [5.74, 6) is 0. The summed E-state index contributed by atoms with van der Waals surface area (Å²) in [5, 5.41) is 0. The summed E-state index contributed by atoms with van der Waals surface area (Å²) in [6.45, 7) is 15.4. The molecule has 0 spiro atoms. The third-order valence-electron chi connectivity index (χ3n) is 4.79. The van der Waals surface area contributed by atoms with Gasteiger partial charge in [0.25, 0.3) is 0 Å². The number of rotatable bonds is 5. The SMILES string of the molecule is C[O][Zr]([CH3])(=[SiH2])([NH]C(C)(C)C)([O][Si](C)(C)C)[CH]1C=Cc2ccccc21.Cl.Cl. The number of benzene rings is 1. The summed E-state index contributed by atoms with van der Waals surface area (Å²) in [5.41, 5.74) is 2.50. The van der Waals surface area contributed by atoms with Crippen LogP contribution in [0.4, 0.5) is 0 Å². The summed E-state index contributed by atoms with van der Waals surface area (Å²) in [7, 11) is -0.0260. The molecule has 3 nitrogen and oxygen atoms in total. The molecule has 26 heavy (non-hydrogen) atoms. The van der Waals surface area contributed by atoms with Gasteiger partial charge in [0.05, 0.1) is 0 Å². The Labute approximate surface area is 173 Å². The Morgan fingerprint density at radius 1 is 1.12 bits per heavy atom. The fourth-order valence-corrected chi connectivity index (χ4v) is 47.6. The van der Waals surface area contributed by atoms with Crippen molar-refractivity contribution in [2.24, 2.45) is 0 Å². The summed E-state index contributed by atoms with van der Waals surface area (Å²) in [4.78, 5) is 0. The zero-order chi connectivity index (χ0) is 18.5. The standard InChI is InChI=1S/C9H7.C4H10N.C3H9OSi.CH3O.CH3.2ClH.H2Si.Zr/c1-2-5-9-7-3-6-8(9)4-1;1-4(2,3)5;1-5(2,3)4;1-2;;;;;/h1-7H;5H,1-3H3;1-3H3;1H3;1H3;2*1H;1H2;/q;3*-1;;;;;+3. The van der Waals surface area contributed by atoms with E-state index in [1.54, 1.807) is 0 Å². The van der Waals surface area contributed by atoms with Gasteiger partial charge in [-0.1, -0.05) is 0 Å². The van der Waals surface area contributed by atoms with Crippen LogP contribution in [0.15, 0.2) is 30.3 Å². The van der Waals surface area contributed by atoms with Crippen LogP contribution in [0.25, 0.3) is 6.08 Å². The van der Waals surface area contributed by atoms with E-state index in [1.165, 1.54) is 11.1 Å². The Bertz CT molecular complexity index is 762. The normalized spacial score (nSPS) is 19.6. The van der Waals surface area contributed by atoms with Crippen molar-refractivity contribution in [3.05, 3.63) is 41.5 Å². The molecule has 0 radical (unpaired) electrons. The van der Waals surface area contributed by atoms with E-state index >= 15 is 0 Å². The Balaban J connectivity index is 0.00000312. The van der Waals surface area contributed by atoms with Crippen LogP contribution in [0.5, 0.6) is 0 Å². The molecule has 1 aliphatic carbocycles. The van der Waals surface area contributed by atoms with Crippen LogP contribution in [0.1, 0.15) is 35.5 Å². The first-order valence-corrected chi connectivity index (χ1v) is 25.2. The predicted octanol–water partition coefficient (Wildman–Crippen LogP) is 5.05. The molecule has 1 aromatic rings. The molecule has 1 aliphatic rings. The third-order valence-corrected chi connectivity index (χ3v) is 36.1. The molecule has 0 amide bonds. The van der Waals surface area contributed by atoms with Crippen LogP contribution >= 0.6 is 24.8 Å². The molecule has 8 heteroatoms. The molecule has 2 rings (SSSR count). The molecule has 151 valence electrons. The second-order valence-corrected chi connectivity index (χ2v) is 44.1. The molecule has 1 unspecified atom stereocenters. The van der Waals surface area contributed by atoms with Crippen molar-refractivity contribution >= 4 is 46.1 Å². The Kier molecular flexibility index (Phi) is 7.74. The van der Waals surface area contributed by atoms with Crippen LogP contribution in [0.2, 0.25) is 24.3 Å². The van der Waals surface area contributed by atoms with E-state index < -0.39 is 25.4 Å². The minimum absolute atomic E-state index is 0. The minimum atomic E-state index is -4.83. The molecule has 0 aliphatic heterocycles. The Hall–Kier alpha value is 0.737. The fourth-order valence-electron chi connectivity index (χ4n) is 4.54. The topological polar surface area (TPSA) is 30.5 Å². The first-order valence-electron chi connectivity index (χ1n) is 8.73. The molecule has 0 bridgehead atoms. The Morgan fingerprint density at radius 3 is 2.12 bits per heavy atom. The summed E-state index contributed by atoms with van der Waals surface area (Å²) < 4.78 is 20.1. The van der Waals surface area contributed by atoms with Gasteiger partial charge in [-0.2, -0.15) is 0 Å². The van der Waals surface area contributed by atoms with E-state index in [0.29, 0.717) is 0 Å². The number of allylic oxidation sites excluding steroid dienone is 1. The van der Waals surface area contributed by atoms with Gasteiger partial charge in [-0.05, 0) is 0 Å². The zero-order valence-electron chi connectivity index (χ0n) is 17.4. The second-order valence-electron chi connectivity index (χ2n) is 9.90. The molecule has 0 fully saturated rings. The van der Waals surface area contributed by atoms with Crippen LogP contribution < -0.4 is 3.26 Å². The van der Waals surface area contributed by atoms with Crippen LogP contribution in [-0.4, -0.2) is 27.8 Å². The number of nitrogens with one attached hydrogen (secondary N) is 1. The van der Waals surface area contributed by atoms with Gasteiger partial charge in [-0.15, -0.1) is 24.8 Å². The number of hydrogen-bond donors (Lipinski definition) is 1. The van der Waals surface area contributed by atoms with Crippen molar-refractivity contribution in [2.45, 2.75) is 54.2 Å². The molecular weight excluding hydrogens is 481 g/mol. The second kappa shape index (κ2) is 7.53. The molecule has 0 heterocycles. The quantitative estimate of drug-likeness (QED) is 0.556. The van der Waals surface area contributed by atoms with Crippen LogP contribution in [0.3, 0.4) is 0 Å². The van der Waals surface area contributed by atoms with E-state index in [-0.39, 0.29) is 34.0 Å². The van der Waals surface area contributed by atoms with Crippen molar-refractivity contribution in [2.75, 3.05) is 7.11 Å². The Morgan fingerprint density at radius 2 is 1.65 bits per heavy atom. The molecule has 0 saturated carbocycles. The van der Waals surface area contributed by atoms with Crippen molar-refractivity contribution in [3.8, 4) is 0 Å². The fraction of sp³-hybridized carbons (Fsp3) is 0.556. The average Bonchev–Trinajstić information content (AvgIpc) is 2.79. The van der Waals surface area contributed by atoms with E-state index in [1.807, 2.05) is 14.0 Å². The molecular formula is C18H36Cl2NO2Si2Zr. The van der Waals surface area contributed by atoms with Crippen LogP contribution in [0, 0.1) is 0 Å². The third kappa shape index (κ3) is 5.21. The van der Waals surface area contributed by atoms with Gasteiger partial charge in [0.2, 0.25) is 0 Å². The van der Waals surface area contributed by atoms with E-state index in [0.717, 1.165) is 0 Å². The maximum Gasteiger partial charge on any atom is -0.147 e. The van der Waals surface area contributed by atoms with E-state index in [2.05, 4.69) is 84.7 Å². The zero-order valence-corrected chi connectivity index (χ0v) is 23.9. The molecule has 1 aromatic carbocycles. The first kappa shape index (κ1) is 26.7. The minimum Gasteiger partial charge on any atom is -0.147 e. The summed E-state index contributed by atoms with van der Waals surface area (Å²) in [6, 6.07) is 8.61. The van der Waals surface area contributed by atoms with Gasteiger partial charge >= 0.3 is 150 Å². The summed E-state index contributed by atoms with van der Waals surface area (Å²) >= 11 is -4.83. The van der Waals surface area contributed by atoms with Gasteiger partial charge in [-0.3, -0.25) is 0 Å². The van der Waals surface area contributed by atoms with Crippen LogP contribution in [-0.2, 0) is 22.4 Å². The number of halogens is 2.